The minimum atomic E-state index is 0.640. The van der Waals surface area contributed by atoms with Crippen molar-refractivity contribution in [2.75, 3.05) is 18.4 Å². The predicted molar refractivity (Wildman–Crippen MR) is 82.5 cm³/mol. The molecular formula is C14H21IN2. The molecule has 1 aliphatic rings. The van der Waals surface area contributed by atoms with Crippen LogP contribution in [0, 0.1) is 3.57 Å². The summed E-state index contributed by atoms with van der Waals surface area (Å²) in [5.74, 6) is 0. The number of hydrogen-bond acceptors (Lipinski definition) is 2. The van der Waals surface area contributed by atoms with Gasteiger partial charge in [0.25, 0.3) is 0 Å². The smallest absolute Gasteiger partial charge is 0.0478 e. The second-order valence-corrected chi connectivity index (χ2v) is 6.19. The van der Waals surface area contributed by atoms with Crippen LogP contribution in [0.4, 0.5) is 5.69 Å². The molecule has 0 spiro atoms. The van der Waals surface area contributed by atoms with Gasteiger partial charge in [0.15, 0.2) is 0 Å². The fraction of sp³-hybridized carbons (Fsp3) is 0.571. The molecule has 17 heavy (non-hydrogen) atoms. The fourth-order valence-electron chi connectivity index (χ4n) is 2.36. The highest BCUT2D eigenvalue weighted by atomic mass is 127. The Morgan fingerprint density at radius 2 is 1.88 bits per heavy atom. The average Bonchev–Trinajstić information content (AvgIpc) is 2.33. The van der Waals surface area contributed by atoms with Crippen LogP contribution < -0.4 is 5.32 Å². The van der Waals surface area contributed by atoms with Gasteiger partial charge in [-0.25, -0.2) is 0 Å². The normalized spacial score (nSPS) is 18.6. The lowest BCUT2D eigenvalue weighted by molar-refractivity contribution is 0.177. The zero-order chi connectivity index (χ0) is 12.3. The van der Waals surface area contributed by atoms with Crippen molar-refractivity contribution in [2.45, 2.75) is 38.8 Å². The van der Waals surface area contributed by atoms with Gasteiger partial charge < -0.3 is 10.2 Å². The van der Waals surface area contributed by atoms with Crippen molar-refractivity contribution >= 4 is 28.3 Å². The first-order chi connectivity index (χ1) is 8.16. The van der Waals surface area contributed by atoms with Gasteiger partial charge in [-0.1, -0.05) is 12.1 Å². The van der Waals surface area contributed by atoms with Crippen LogP contribution in [0.15, 0.2) is 24.3 Å². The molecule has 1 aromatic rings. The lowest BCUT2D eigenvalue weighted by atomic mass is 10.0. The third-order valence-electron chi connectivity index (χ3n) is 3.49. The van der Waals surface area contributed by atoms with E-state index in [0.29, 0.717) is 12.1 Å². The number of piperidine rings is 1. The minimum Gasteiger partial charge on any atom is -0.381 e. The summed E-state index contributed by atoms with van der Waals surface area (Å²) < 4.78 is 1.32. The highest BCUT2D eigenvalue weighted by Crippen LogP contribution is 2.22. The predicted octanol–water partition coefficient (Wildman–Crippen LogP) is 3.58. The number of anilines is 1. The van der Waals surface area contributed by atoms with Gasteiger partial charge in [-0.3, -0.25) is 0 Å². The molecule has 1 heterocycles. The van der Waals surface area contributed by atoms with E-state index in [2.05, 4.69) is 70.9 Å². The summed E-state index contributed by atoms with van der Waals surface area (Å²) in [7, 11) is 0. The Morgan fingerprint density at radius 1 is 1.24 bits per heavy atom. The molecule has 1 aliphatic heterocycles. The molecule has 0 bridgehead atoms. The molecular weight excluding hydrogens is 323 g/mol. The summed E-state index contributed by atoms with van der Waals surface area (Å²) in [5.41, 5.74) is 1.29. The molecule has 1 N–H and O–H groups in total. The largest absolute Gasteiger partial charge is 0.381 e. The molecule has 94 valence electrons. The van der Waals surface area contributed by atoms with Crippen molar-refractivity contribution in [1.82, 2.24) is 4.90 Å². The summed E-state index contributed by atoms with van der Waals surface area (Å²) >= 11 is 2.40. The van der Waals surface area contributed by atoms with E-state index >= 15 is 0 Å². The Hall–Kier alpha value is -0.290. The quantitative estimate of drug-likeness (QED) is 0.844. The zero-order valence-electron chi connectivity index (χ0n) is 10.6. The molecule has 1 saturated heterocycles. The zero-order valence-corrected chi connectivity index (χ0v) is 12.8. The van der Waals surface area contributed by atoms with E-state index < -0.39 is 0 Å². The van der Waals surface area contributed by atoms with Crippen LogP contribution in [0.25, 0.3) is 0 Å². The average molecular weight is 344 g/mol. The van der Waals surface area contributed by atoms with Crippen molar-refractivity contribution in [3.05, 3.63) is 27.8 Å². The summed E-state index contributed by atoms with van der Waals surface area (Å²) in [5, 5.41) is 3.67. The Morgan fingerprint density at radius 3 is 2.47 bits per heavy atom. The van der Waals surface area contributed by atoms with Crippen molar-refractivity contribution in [1.29, 1.82) is 0 Å². The molecule has 0 atom stereocenters. The lowest BCUT2D eigenvalue weighted by Gasteiger charge is -2.35. The third-order valence-corrected chi connectivity index (χ3v) is 4.43. The third kappa shape index (κ3) is 3.58. The number of halogens is 1. The summed E-state index contributed by atoms with van der Waals surface area (Å²) in [4.78, 5) is 2.56. The molecule has 0 saturated carbocycles. The Balaban J connectivity index is 1.88. The van der Waals surface area contributed by atoms with E-state index in [1.54, 1.807) is 0 Å². The minimum absolute atomic E-state index is 0.640. The highest BCUT2D eigenvalue weighted by Gasteiger charge is 2.20. The second kappa shape index (κ2) is 6.05. The first-order valence-corrected chi connectivity index (χ1v) is 7.50. The van der Waals surface area contributed by atoms with Crippen LogP contribution in [0.3, 0.4) is 0 Å². The maximum Gasteiger partial charge on any atom is 0.0478 e. The second-order valence-electron chi connectivity index (χ2n) is 5.03. The number of likely N-dealkylation sites (tertiary alicyclic amines) is 1. The van der Waals surface area contributed by atoms with Crippen LogP contribution in [-0.2, 0) is 0 Å². The fourth-order valence-corrected chi connectivity index (χ4v) is 2.90. The molecule has 0 amide bonds. The van der Waals surface area contributed by atoms with E-state index in [9.17, 15) is 0 Å². The molecule has 0 unspecified atom stereocenters. The Kier molecular flexibility index (Phi) is 4.68. The molecule has 2 nitrogen and oxygen atoms in total. The maximum absolute atomic E-state index is 3.67. The topological polar surface area (TPSA) is 15.3 Å². The van der Waals surface area contributed by atoms with Gasteiger partial charge in [-0.05, 0) is 61.4 Å². The monoisotopic (exact) mass is 344 g/mol. The molecule has 0 aromatic heterocycles. The van der Waals surface area contributed by atoms with Gasteiger partial charge in [0.1, 0.15) is 0 Å². The summed E-state index contributed by atoms with van der Waals surface area (Å²) in [6.07, 6.45) is 2.51. The van der Waals surface area contributed by atoms with Crippen LogP contribution in [0.5, 0.6) is 0 Å². The lowest BCUT2D eigenvalue weighted by Crippen LogP contribution is -2.42. The molecule has 1 aromatic carbocycles. The van der Waals surface area contributed by atoms with Gasteiger partial charge in [0, 0.05) is 34.4 Å². The summed E-state index contributed by atoms with van der Waals surface area (Å²) in [6.45, 7) is 7.01. The van der Waals surface area contributed by atoms with Crippen molar-refractivity contribution in [3.8, 4) is 0 Å². The number of benzene rings is 1. The van der Waals surface area contributed by atoms with E-state index in [0.717, 1.165) is 0 Å². The van der Waals surface area contributed by atoms with Crippen LogP contribution >= 0.6 is 22.6 Å². The van der Waals surface area contributed by atoms with Gasteiger partial charge in [-0.2, -0.15) is 0 Å². The molecule has 1 fully saturated rings. The summed E-state index contributed by atoms with van der Waals surface area (Å²) in [6, 6.07) is 9.86. The first-order valence-electron chi connectivity index (χ1n) is 6.42. The van der Waals surface area contributed by atoms with Gasteiger partial charge in [0.2, 0.25) is 0 Å². The molecule has 3 heteroatoms. The van der Waals surface area contributed by atoms with Crippen molar-refractivity contribution < 1.29 is 0 Å². The number of para-hydroxylation sites is 1. The number of rotatable bonds is 3. The number of nitrogens with one attached hydrogen (secondary N) is 1. The maximum atomic E-state index is 3.67. The van der Waals surface area contributed by atoms with E-state index in [1.165, 1.54) is 35.2 Å². The van der Waals surface area contributed by atoms with E-state index in [-0.39, 0.29) is 0 Å². The Bertz CT molecular complexity index is 357. The van der Waals surface area contributed by atoms with Gasteiger partial charge >= 0.3 is 0 Å². The Labute approximate surface area is 118 Å². The molecule has 2 rings (SSSR count). The standard InChI is InChI=1S/C14H21IN2/c1-11(2)17-9-7-12(8-10-17)16-14-6-4-3-5-13(14)15/h3-6,11-12,16H,7-10H2,1-2H3. The van der Waals surface area contributed by atoms with E-state index in [4.69, 9.17) is 0 Å². The molecule has 0 radical (unpaired) electrons. The van der Waals surface area contributed by atoms with Crippen molar-refractivity contribution in [2.24, 2.45) is 0 Å². The number of hydrogen-bond donors (Lipinski definition) is 1. The first kappa shape index (κ1) is 13.1. The SMILES string of the molecule is CC(C)N1CCC(Nc2ccccc2I)CC1. The van der Waals surface area contributed by atoms with Crippen LogP contribution in [0.2, 0.25) is 0 Å². The number of nitrogens with zero attached hydrogens (tertiary/aromatic N) is 1. The molecule has 0 aliphatic carbocycles. The van der Waals surface area contributed by atoms with E-state index in [1.807, 2.05) is 0 Å². The van der Waals surface area contributed by atoms with Crippen molar-refractivity contribution in [3.63, 3.8) is 0 Å². The van der Waals surface area contributed by atoms with Gasteiger partial charge in [0.05, 0.1) is 0 Å². The van der Waals surface area contributed by atoms with Gasteiger partial charge in [-0.15, -0.1) is 0 Å². The highest BCUT2D eigenvalue weighted by molar-refractivity contribution is 14.1. The van der Waals surface area contributed by atoms with Crippen LogP contribution in [0.1, 0.15) is 26.7 Å². The van der Waals surface area contributed by atoms with Crippen LogP contribution in [-0.4, -0.2) is 30.1 Å².